The first kappa shape index (κ1) is 17.5. The number of fused-ring (bicyclic) bond motifs is 1. The molecule has 0 saturated heterocycles. The van der Waals surface area contributed by atoms with Crippen LogP contribution in [-0.2, 0) is 4.74 Å². The number of carbonyl (C=O) groups is 3. The molecule has 26 heavy (non-hydrogen) atoms. The number of nitrogens with zero attached hydrogens (tertiary/aromatic N) is 2. The molecule has 3 aromatic rings. The maximum absolute atomic E-state index is 13.6. The van der Waals surface area contributed by atoms with Crippen molar-refractivity contribution in [2.75, 3.05) is 11.9 Å². The van der Waals surface area contributed by atoms with Gasteiger partial charge >= 0.3 is 6.09 Å². The molecule has 0 fully saturated rings. The molecule has 0 aliphatic rings. The van der Waals surface area contributed by atoms with E-state index in [0.717, 1.165) is 6.07 Å². The normalized spacial score (nSPS) is 10.5. The summed E-state index contributed by atoms with van der Waals surface area (Å²) in [5.41, 5.74) is 0.846. The van der Waals surface area contributed by atoms with Crippen LogP contribution in [0.2, 0.25) is 0 Å². The van der Waals surface area contributed by atoms with Crippen LogP contribution in [0.15, 0.2) is 36.7 Å². The average Bonchev–Trinajstić information content (AvgIpc) is 3.20. The van der Waals surface area contributed by atoms with E-state index >= 15 is 0 Å². The molecular formula is C16H13FN4O4S. The summed E-state index contributed by atoms with van der Waals surface area (Å²) in [6.07, 6.45) is 2.24. The Labute approximate surface area is 150 Å². The third kappa shape index (κ3) is 3.70. The molecule has 0 unspecified atom stereocenters. The molecule has 0 atom stereocenters. The summed E-state index contributed by atoms with van der Waals surface area (Å²) in [6, 6.07) is 5.80. The summed E-state index contributed by atoms with van der Waals surface area (Å²) in [5, 5.41) is 7.78. The molecule has 2 N–H and O–H groups in total. The zero-order valence-corrected chi connectivity index (χ0v) is 14.3. The molecule has 0 aromatic carbocycles. The Morgan fingerprint density at radius 1 is 1.27 bits per heavy atom. The first-order valence-corrected chi connectivity index (χ1v) is 8.31. The van der Waals surface area contributed by atoms with E-state index in [1.165, 1.54) is 6.07 Å². The third-order valence-corrected chi connectivity index (χ3v) is 4.17. The molecule has 3 heterocycles. The highest BCUT2D eigenvalue weighted by Gasteiger charge is 2.21. The molecule has 0 radical (unpaired) electrons. The van der Waals surface area contributed by atoms with Crippen molar-refractivity contribution in [2.45, 2.75) is 6.92 Å². The van der Waals surface area contributed by atoms with E-state index in [1.54, 1.807) is 36.0 Å². The van der Waals surface area contributed by atoms with Crippen LogP contribution in [0.3, 0.4) is 0 Å². The van der Waals surface area contributed by atoms with Crippen LogP contribution in [0, 0.1) is 5.13 Å². The first-order valence-electron chi connectivity index (χ1n) is 7.50. The summed E-state index contributed by atoms with van der Waals surface area (Å²) in [7, 11) is 0. The minimum atomic E-state index is -0.951. The van der Waals surface area contributed by atoms with E-state index in [9.17, 15) is 18.8 Å². The van der Waals surface area contributed by atoms with E-state index in [1.807, 2.05) is 5.32 Å². The molecule has 0 spiro atoms. The van der Waals surface area contributed by atoms with Gasteiger partial charge in [-0.2, -0.15) is 9.49 Å². The molecular weight excluding hydrogens is 363 g/mol. The highest BCUT2D eigenvalue weighted by molar-refractivity contribution is 7.15. The lowest BCUT2D eigenvalue weighted by Gasteiger charge is -2.07. The second-order valence-corrected chi connectivity index (χ2v) is 6.04. The van der Waals surface area contributed by atoms with Gasteiger partial charge in [-0.3, -0.25) is 14.9 Å². The number of ether oxygens (including phenoxy) is 1. The van der Waals surface area contributed by atoms with Crippen LogP contribution in [-0.4, -0.2) is 34.1 Å². The maximum Gasteiger partial charge on any atom is 0.414 e. The monoisotopic (exact) mass is 376 g/mol. The number of carbonyl (C=O) groups excluding carboxylic acids is 3. The number of thiophene rings is 1. The van der Waals surface area contributed by atoms with Crippen molar-refractivity contribution < 1.29 is 23.5 Å². The Kier molecular flexibility index (Phi) is 4.94. The van der Waals surface area contributed by atoms with Crippen molar-refractivity contribution in [3.8, 4) is 0 Å². The quantitative estimate of drug-likeness (QED) is 0.729. The lowest BCUT2D eigenvalue weighted by Crippen LogP contribution is -2.31. The molecule has 3 amide bonds. The molecule has 0 aliphatic carbocycles. The highest BCUT2D eigenvalue weighted by Crippen LogP contribution is 2.27. The molecule has 10 heteroatoms. The maximum atomic E-state index is 13.6. The number of imide groups is 1. The van der Waals surface area contributed by atoms with Gasteiger partial charge < -0.3 is 10.1 Å². The Morgan fingerprint density at radius 2 is 2.08 bits per heavy atom. The second kappa shape index (κ2) is 7.31. The number of pyridine rings is 1. The standard InChI is InChI=1S/C16H13FN4O4S/c1-2-25-16(24)20-14(23)11-8-12(17)26-15(11)19-13(22)9-4-6-21-10(7-9)3-5-18-21/h3-8H,2H2,1H3,(H,19,22)(H,20,23,24). The van der Waals surface area contributed by atoms with Gasteiger partial charge in [0.2, 0.25) is 0 Å². The molecule has 134 valence electrons. The van der Waals surface area contributed by atoms with Gasteiger partial charge in [0.1, 0.15) is 5.00 Å². The van der Waals surface area contributed by atoms with E-state index in [4.69, 9.17) is 0 Å². The number of aromatic nitrogens is 2. The fourth-order valence-corrected chi connectivity index (χ4v) is 2.96. The minimum absolute atomic E-state index is 0.0114. The van der Waals surface area contributed by atoms with Crippen molar-refractivity contribution >= 4 is 39.8 Å². The van der Waals surface area contributed by atoms with Crippen LogP contribution in [0.25, 0.3) is 5.52 Å². The topological polar surface area (TPSA) is 102 Å². The Hall–Kier alpha value is -3.27. The zero-order chi connectivity index (χ0) is 18.7. The fourth-order valence-electron chi connectivity index (χ4n) is 2.19. The molecule has 0 aliphatic heterocycles. The van der Waals surface area contributed by atoms with Crippen LogP contribution in [0.4, 0.5) is 14.2 Å². The van der Waals surface area contributed by atoms with Gasteiger partial charge in [-0.05, 0) is 25.1 Å². The number of nitrogens with one attached hydrogen (secondary N) is 2. The number of amides is 3. The number of halogens is 1. The predicted octanol–water partition coefficient (Wildman–Crippen LogP) is 2.67. The molecule has 3 aromatic heterocycles. The van der Waals surface area contributed by atoms with E-state index < -0.39 is 23.0 Å². The van der Waals surface area contributed by atoms with Gasteiger partial charge in [0, 0.05) is 24.0 Å². The van der Waals surface area contributed by atoms with Crippen molar-refractivity contribution in [3.63, 3.8) is 0 Å². The first-order chi connectivity index (χ1) is 12.5. The Bertz CT molecular complexity index is 997. The van der Waals surface area contributed by atoms with E-state index in [0.29, 0.717) is 22.4 Å². The highest BCUT2D eigenvalue weighted by atomic mass is 32.1. The summed E-state index contributed by atoms with van der Waals surface area (Å²) in [5.74, 6) is -1.40. The average molecular weight is 376 g/mol. The third-order valence-electron chi connectivity index (χ3n) is 3.33. The van der Waals surface area contributed by atoms with Gasteiger partial charge in [0.15, 0.2) is 5.13 Å². The van der Waals surface area contributed by atoms with Gasteiger partial charge in [0.25, 0.3) is 11.8 Å². The minimum Gasteiger partial charge on any atom is -0.450 e. The lowest BCUT2D eigenvalue weighted by atomic mass is 10.2. The number of rotatable bonds is 4. The molecule has 0 bridgehead atoms. The largest absolute Gasteiger partial charge is 0.450 e. The molecule has 8 nitrogen and oxygen atoms in total. The summed E-state index contributed by atoms with van der Waals surface area (Å²) in [4.78, 5) is 35.8. The smallest absolute Gasteiger partial charge is 0.414 e. The summed E-state index contributed by atoms with van der Waals surface area (Å²) >= 11 is 0.582. The van der Waals surface area contributed by atoms with Crippen LogP contribution in [0.5, 0.6) is 0 Å². The fraction of sp³-hybridized carbons (Fsp3) is 0.125. The SMILES string of the molecule is CCOC(=O)NC(=O)c1cc(F)sc1NC(=O)c1ccn2nccc2c1. The Balaban J connectivity index is 1.79. The molecule has 0 saturated carbocycles. The van der Waals surface area contributed by atoms with Gasteiger partial charge in [-0.15, -0.1) is 0 Å². The van der Waals surface area contributed by atoms with E-state index in [-0.39, 0.29) is 17.2 Å². The summed E-state index contributed by atoms with van der Waals surface area (Å²) < 4.78 is 19.8. The molecule has 3 rings (SSSR count). The number of hydrogen-bond acceptors (Lipinski definition) is 6. The predicted molar refractivity (Wildman–Crippen MR) is 91.9 cm³/mol. The number of alkyl carbamates (subject to hydrolysis) is 1. The van der Waals surface area contributed by atoms with Gasteiger partial charge in [-0.1, -0.05) is 11.3 Å². The van der Waals surface area contributed by atoms with Crippen LogP contribution >= 0.6 is 11.3 Å². The number of anilines is 1. The zero-order valence-electron chi connectivity index (χ0n) is 13.5. The number of hydrogen-bond donors (Lipinski definition) is 2. The second-order valence-electron chi connectivity index (χ2n) is 5.04. The van der Waals surface area contributed by atoms with E-state index in [2.05, 4.69) is 15.2 Å². The van der Waals surface area contributed by atoms with Crippen molar-refractivity contribution in [1.82, 2.24) is 14.9 Å². The van der Waals surface area contributed by atoms with Crippen molar-refractivity contribution in [1.29, 1.82) is 0 Å². The van der Waals surface area contributed by atoms with Gasteiger partial charge in [0.05, 0.1) is 17.7 Å². The Morgan fingerprint density at radius 3 is 2.85 bits per heavy atom. The van der Waals surface area contributed by atoms with Crippen LogP contribution < -0.4 is 10.6 Å². The van der Waals surface area contributed by atoms with Crippen molar-refractivity contribution in [2.24, 2.45) is 0 Å². The lowest BCUT2D eigenvalue weighted by molar-refractivity contribution is 0.0926. The summed E-state index contributed by atoms with van der Waals surface area (Å²) in [6.45, 7) is 1.66. The van der Waals surface area contributed by atoms with Gasteiger partial charge in [-0.25, -0.2) is 9.31 Å². The van der Waals surface area contributed by atoms with Crippen molar-refractivity contribution in [3.05, 3.63) is 52.9 Å². The van der Waals surface area contributed by atoms with Crippen LogP contribution in [0.1, 0.15) is 27.6 Å².